The summed E-state index contributed by atoms with van der Waals surface area (Å²) in [6.07, 6.45) is 0.648. The molecule has 0 aromatic heterocycles. The van der Waals surface area contributed by atoms with Crippen molar-refractivity contribution >= 4 is 29.2 Å². The quantitative estimate of drug-likeness (QED) is 0.278. The van der Waals surface area contributed by atoms with E-state index in [1.807, 2.05) is 0 Å². The summed E-state index contributed by atoms with van der Waals surface area (Å²) in [5.74, 6) is -9.83. The lowest BCUT2D eigenvalue weighted by Gasteiger charge is -2.54. The maximum Gasteiger partial charge on any atom is 0.309 e. The summed E-state index contributed by atoms with van der Waals surface area (Å²) in [5, 5.41) is 45.0. The number of phenolic OH excluding ortho intramolecular Hbond substituents is 1. The molecule has 11 heteroatoms. The number of esters is 1. The first kappa shape index (κ1) is 25.9. The van der Waals surface area contributed by atoms with E-state index >= 15 is 0 Å². The fourth-order valence-corrected chi connectivity index (χ4v) is 6.56. The second-order valence-electron chi connectivity index (χ2n) is 10.8. The molecule has 1 unspecified atom stereocenters. The number of aromatic hydroxyl groups is 1. The van der Waals surface area contributed by atoms with Gasteiger partial charge in [-0.15, -0.1) is 0 Å². The van der Waals surface area contributed by atoms with Crippen LogP contribution in [0.5, 0.6) is 5.75 Å². The second kappa shape index (κ2) is 8.67. The summed E-state index contributed by atoms with van der Waals surface area (Å²) in [5.41, 5.74) is 1.58. The number of ketones is 2. The molecule has 2 fully saturated rings. The number of primary amides is 1. The number of fused-ring (bicyclic) bond motifs is 3. The summed E-state index contributed by atoms with van der Waals surface area (Å²) in [4.78, 5) is 54.4. The van der Waals surface area contributed by atoms with E-state index in [-0.39, 0.29) is 16.9 Å². The van der Waals surface area contributed by atoms with Crippen molar-refractivity contribution in [1.82, 2.24) is 4.90 Å². The van der Waals surface area contributed by atoms with Crippen LogP contribution in [-0.2, 0) is 23.9 Å². The zero-order valence-electron chi connectivity index (χ0n) is 21.2. The van der Waals surface area contributed by atoms with Gasteiger partial charge in [-0.3, -0.25) is 24.1 Å². The minimum Gasteiger partial charge on any atom is -0.508 e. The van der Waals surface area contributed by atoms with Crippen molar-refractivity contribution in [2.75, 3.05) is 14.1 Å². The van der Waals surface area contributed by atoms with Crippen LogP contribution in [0.4, 0.5) is 0 Å². The monoisotopic (exact) mass is 526 g/mol. The normalized spacial score (nSPS) is 32.9. The molecule has 11 nitrogen and oxygen atoms in total. The zero-order valence-corrected chi connectivity index (χ0v) is 21.2. The summed E-state index contributed by atoms with van der Waals surface area (Å²) < 4.78 is 6.00. The lowest BCUT2D eigenvalue weighted by molar-refractivity contribution is -0.189. The smallest absolute Gasteiger partial charge is 0.309 e. The molecule has 0 spiro atoms. The molecule has 0 aliphatic heterocycles. The number of hydrogen-bond acceptors (Lipinski definition) is 10. The van der Waals surface area contributed by atoms with E-state index < -0.39 is 82.0 Å². The molecule has 1 aromatic rings. The van der Waals surface area contributed by atoms with Gasteiger partial charge < -0.3 is 30.9 Å². The Labute approximate surface area is 218 Å². The molecule has 202 valence electrons. The van der Waals surface area contributed by atoms with Gasteiger partial charge in [0.25, 0.3) is 5.91 Å². The molecule has 6 N–H and O–H groups in total. The fourth-order valence-electron chi connectivity index (χ4n) is 6.56. The van der Waals surface area contributed by atoms with Gasteiger partial charge in [0.1, 0.15) is 28.9 Å². The molecular weight excluding hydrogens is 496 g/mol. The standard InChI is InChI=1S/C27H30N2O9/c1-10-12-8-5-9-13(30)15(12)20(31)16-14(10)22(38-26(36)11-6-4-7-11)18-19(29(2)3)21(32)17(25(28)35)24(34)27(18,37)23(16)33/h5,8-11,14,18-19,22,30-31,34,37H,4,6-7H2,1-3H3,(H2,28,35)/t10?,14-,18-,19+,22+,27+/m1/s1. The Morgan fingerprint density at radius 2 is 1.79 bits per heavy atom. The van der Waals surface area contributed by atoms with Gasteiger partial charge in [-0.2, -0.15) is 0 Å². The molecule has 1 aromatic carbocycles. The Morgan fingerprint density at radius 3 is 2.34 bits per heavy atom. The summed E-state index contributed by atoms with van der Waals surface area (Å²) in [6.45, 7) is 1.72. The number of nitrogens with two attached hydrogens (primary N) is 1. The summed E-state index contributed by atoms with van der Waals surface area (Å²) in [7, 11) is 2.97. The minimum atomic E-state index is -2.93. The van der Waals surface area contributed by atoms with Crippen LogP contribution in [0.1, 0.15) is 43.2 Å². The third-order valence-corrected chi connectivity index (χ3v) is 8.66. The number of hydrogen-bond donors (Lipinski definition) is 5. The Hall–Kier alpha value is -3.70. The van der Waals surface area contributed by atoms with Gasteiger partial charge in [-0.1, -0.05) is 25.5 Å². The predicted molar refractivity (Wildman–Crippen MR) is 132 cm³/mol. The van der Waals surface area contributed by atoms with Crippen molar-refractivity contribution in [2.45, 2.75) is 49.9 Å². The van der Waals surface area contributed by atoms with Gasteiger partial charge in [0.2, 0.25) is 5.78 Å². The molecule has 0 bridgehead atoms. The minimum absolute atomic E-state index is 0.0274. The van der Waals surface area contributed by atoms with Crippen LogP contribution in [0.15, 0.2) is 35.1 Å². The second-order valence-corrected chi connectivity index (χ2v) is 10.8. The van der Waals surface area contributed by atoms with Crippen LogP contribution >= 0.6 is 0 Å². The van der Waals surface area contributed by atoms with E-state index in [9.17, 15) is 39.6 Å². The number of Topliss-reactive ketones (excluding diaryl/α,β-unsaturated/α-hetero) is 2. The van der Waals surface area contributed by atoms with Crippen LogP contribution in [0.25, 0.3) is 5.76 Å². The maximum absolute atomic E-state index is 14.1. The number of aliphatic hydroxyl groups excluding tert-OH is 2. The fraction of sp³-hybridized carbons (Fsp3) is 0.481. The molecule has 4 aliphatic rings. The lowest BCUT2D eigenvalue weighted by atomic mass is 9.54. The summed E-state index contributed by atoms with van der Waals surface area (Å²) in [6, 6.07) is 3.16. The van der Waals surface area contributed by atoms with E-state index in [4.69, 9.17) is 10.5 Å². The maximum atomic E-state index is 14.1. The third-order valence-electron chi connectivity index (χ3n) is 8.66. The highest BCUT2D eigenvalue weighted by molar-refractivity contribution is 6.24. The number of carbonyl (C=O) groups is 4. The van der Waals surface area contributed by atoms with Gasteiger partial charge in [-0.05, 0) is 44.5 Å². The number of phenols is 1. The number of amides is 1. The largest absolute Gasteiger partial charge is 0.508 e. The van der Waals surface area contributed by atoms with E-state index in [1.165, 1.54) is 25.1 Å². The molecule has 0 saturated heterocycles. The number of benzene rings is 1. The molecule has 4 aliphatic carbocycles. The van der Waals surface area contributed by atoms with Crippen LogP contribution in [0.2, 0.25) is 0 Å². The van der Waals surface area contributed by atoms with Crippen LogP contribution in [-0.4, -0.2) is 80.6 Å². The Kier molecular flexibility index (Phi) is 5.92. The molecule has 0 heterocycles. The highest BCUT2D eigenvalue weighted by Gasteiger charge is 2.69. The van der Waals surface area contributed by atoms with E-state index in [1.54, 1.807) is 19.1 Å². The third kappa shape index (κ3) is 3.27. The first-order chi connectivity index (χ1) is 17.8. The van der Waals surface area contributed by atoms with E-state index in [2.05, 4.69) is 0 Å². The molecule has 5 rings (SSSR count). The number of aliphatic hydroxyl groups is 3. The number of ether oxygens (including phenoxy) is 1. The number of likely N-dealkylation sites (N-methyl/N-ethyl adjacent to an activating group) is 1. The van der Waals surface area contributed by atoms with Crippen LogP contribution in [0, 0.1) is 17.8 Å². The van der Waals surface area contributed by atoms with Crippen molar-refractivity contribution in [3.8, 4) is 5.75 Å². The van der Waals surface area contributed by atoms with Crippen molar-refractivity contribution in [3.05, 3.63) is 46.2 Å². The van der Waals surface area contributed by atoms with Gasteiger partial charge in [-0.25, -0.2) is 0 Å². The lowest BCUT2D eigenvalue weighted by Crippen LogP contribution is -2.71. The van der Waals surface area contributed by atoms with Gasteiger partial charge >= 0.3 is 5.97 Å². The van der Waals surface area contributed by atoms with E-state index in [0.717, 1.165) is 6.42 Å². The highest BCUT2D eigenvalue weighted by atomic mass is 16.5. The SMILES string of the molecule is CC1c2cccc(O)c2C(O)=C2C(=O)[C@]3(O)C(O)=C(C(N)=O)C(=O)[C@@H](N(C)C)[C@@H]3[C@@H](OC(=O)C3CCC3)[C@@H]21. The summed E-state index contributed by atoms with van der Waals surface area (Å²) >= 11 is 0. The van der Waals surface area contributed by atoms with E-state index in [0.29, 0.717) is 18.4 Å². The highest BCUT2D eigenvalue weighted by Crippen LogP contribution is 2.57. The van der Waals surface area contributed by atoms with Crippen molar-refractivity contribution in [1.29, 1.82) is 0 Å². The average Bonchev–Trinajstić information content (AvgIpc) is 2.79. The Balaban J connectivity index is 1.82. The predicted octanol–water partition coefficient (Wildman–Crippen LogP) is 0.847. The number of rotatable bonds is 4. The molecular formula is C27H30N2O9. The van der Waals surface area contributed by atoms with Crippen molar-refractivity contribution in [3.63, 3.8) is 0 Å². The molecule has 2 saturated carbocycles. The van der Waals surface area contributed by atoms with Crippen molar-refractivity contribution < 1.29 is 44.3 Å². The first-order valence-electron chi connectivity index (χ1n) is 12.5. The average molecular weight is 527 g/mol. The van der Waals surface area contributed by atoms with Crippen molar-refractivity contribution in [2.24, 2.45) is 23.5 Å². The Morgan fingerprint density at radius 1 is 1.13 bits per heavy atom. The van der Waals surface area contributed by atoms with Crippen LogP contribution in [0.3, 0.4) is 0 Å². The van der Waals surface area contributed by atoms with Crippen LogP contribution < -0.4 is 5.73 Å². The Bertz CT molecular complexity index is 1340. The van der Waals surface area contributed by atoms with Gasteiger partial charge in [0, 0.05) is 11.5 Å². The van der Waals surface area contributed by atoms with Gasteiger partial charge in [0.15, 0.2) is 11.4 Å². The first-order valence-corrected chi connectivity index (χ1v) is 12.5. The zero-order chi connectivity index (χ0) is 27.8. The topological polar surface area (TPSA) is 188 Å². The molecule has 1 amide bonds. The molecule has 0 radical (unpaired) electrons. The number of carbonyl (C=O) groups excluding carboxylic acids is 4. The molecule has 38 heavy (non-hydrogen) atoms. The molecule has 6 atom stereocenters. The number of nitrogens with zero attached hydrogens (tertiary/aromatic N) is 1. The van der Waals surface area contributed by atoms with Gasteiger partial charge in [0.05, 0.1) is 23.4 Å².